The number of hydrogen-bond acceptors (Lipinski definition) is 6. The standard InChI is InChI=1S/C18H25N5O4S/c1-22(8-13-6-4-3-5-7-13)9-14-10-23(21-19-14)16-12-27-17-15(11-26-18(16)17)20-28(2,24)25/h3-7,10,15-18,20H,8-9,11-12H2,1-2H3/p+1/t15-,16-,17+,18+/m0/s1. The summed E-state index contributed by atoms with van der Waals surface area (Å²) >= 11 is 0. The average Bonchev–Trinajstić information content (AvgIpc) is 3.32. The number of aromatic nitrogens is 3. The molecule has 1 unspecified atom stereocenters. The highest BCUT2D eigenvalue weighted by molar-refractivity contribution is 7.88. The lowest BCUT2D eigenvalue weighted by Gasteiger charge is -2.16. The van der Waals surface area contributed by atoms with Crippen LogP contribution in [-0.2, 0) is 32.6 Å². The Morgan fingerprint density at radius 1 is 1.18 bits per heavy atom. The van der Waals surface area contributed by atoms with Crippen LogP contribution in [0.3, 0.4) is 0 Å². The molecule has 2 aliphatic rings. The summed E-state index contributed by atoms with van der Waals surface area (Å²) in [4.78, 5) is 1.31. The van der Waals surface area contributed by atoms with Crippen LogP contribution in [0.5, 0.6) is 0 Å². The smallest absolute Gasteiger partial charge is 0.209 e. The Labute approximate surface area is 164 Å². The number of nitrogens with one attached hydrogen (secondary N) is 2. The molecule has 2 fully saturated rings. The van der Waals surface area contributed by atoms with Crippen molar-refractivity contribution in [2.75, 3.05) is 26.5 Å². The molecule has 152 valence electrons. The minimum Gasteiger partial charge on any atom is -0.371 e. The van der Waals surface area contributed by atoms with Crippen LogP contribution in [0.25, 0.3) is 0 Å². The molecule has 3 heterocycles. The number of quaternary nitrogens is 1. The van der Waals surface area contributed by atoms with Gasteiger partial charge in [0.1, 0.15) is 37.0 Å². The summed E-state index contributed by atoms with van der Waals surface area (Å²) in [5.41, 5.74) is 2.18. The Morgan fingerprint density at radius 3 is 2.68 bits per heavy atom. The van der Waals surface area contributed by atoms with E-state index >= 15 is 0 Å². The molecular weight excluding hydrogens is 382 g/mol. The summed E-state index contributed by atoms with van der Waals surface area (Å²) in [5.74, 6) is 0. The summed E-state index contributed by atoms with van der Waals surface area (Å²) in [7, 11) is -1.18. The second kappa shape index (κ2) is 7.88. The van der Waals surface area contributed by atoms with Gasteiger partial charge in [0.2, 0.25) is 10.0 Å². The molecule has 2 aliphatic heterocycles. The number of fused-ring (bicyclic) bond motifs is 1. The number of hydrogen-bond donors (Lipinski definition) is 2. The van der Waals surface area contributed by atoms with Gasteiger partial charge < -0.3 is 14.4 Å². The molecule has 0 radical (unpaired) electrons. The summed E-state index contributed by atoms with van der Waals surface area (Å²) in [6.07, 6.45) is 2.54. The quantitative estimate of drug-likeness (QED) is 0.594. The van der Waals surface area contributed by atoms with Crippen LogP contribution in [-0.4, -0.2) is 68.2 Å². The molecule has 28 heavy (non-hydrogen) atoms. The first kappa shape index (κ1) is 19.5. The summed E-state index contributed by atoms with van der Waals surface area (Å²) in [6, 6.07) is 9.87. The molecule has 9 nitrogen and oxygen atoms in total. The van der Waals surface area contributed by atoms with Gasteiger partial charge in [-0.05, 0) is 0 Å². The van der Waals surface area contributed by atoms with Crippen LogP contribution in [0.2, 0.25) is 0 Å². The van der Waals surface area contributed by atoms with E-state index in [0.29, 0.717) is 13.2 Å². The fourth-order valence-electron chi connectivity index (χ4n) is 3.95. The van der Waals surface area contributed by atoms with E-state index in [1.54, 1.807) is 4.68 Å². The van der Waals surface area contributed by atoms with Gasteiger partial charge in [0, 0.05) is 5.56 Å². The van der Waals surface area contributed by atoms with Crippen LogP contribution in [0, 0.1) is 0 Å². The van der Waals surface area contributed by atoms with Crippen molar-refractivity contribution >= 4 is 10.0 Å². The van der Waals surface area contributed by atoms with Gasteiger partial charge in [-0.25, -0.2) is 17.8 Å². The number of benzene rings is 1. The number of sulfonamides is 1. The molecular formula is C18H26N5O4S+. The summed E-state index contributed by atoms with van der Waals surface area (Å²) < 4.78 is 39.1. The van der Waals surface area contributed by atoms with E-state index in [2.05, 4.69) is 34.2 Å². The van der Waals surface area contributed by atoms with Crippen LogP contribution in [0.1, 0.15) is 17.3 Å². The number of ether oxygens (including phenoxy) is 2. The highest BCUT2D eigenvalue weighted by Gasteiger charge is 2.49. The fraction of sp³-hybridized carbons (Fsp3) is 0.556. The number of nitrogens with zero attached hydrogens (tertiary/aromatic N) is 3. The molecule has 4 rings (SSSR count). The molecule has 2 N–H and O–H groups in total. The molecule has 5 atom stereocenters. The van der Waals surface area contributed by atoms with Gasteiger partial charge in [0.25, 0.3) is 0 Å². The Morgan fingerprint density at radius 2 is 1.93 bits per heavy atom. The molecule has 0 bridgehead atoms. The lowest BCUT2D eigenvalue weighted by molar-refractivity contribution is -0.908. The van der Waals surface area contributed by atoms with E-state index in [-0.39, 0.29) is 24.3 Å². The molecule has 0 spiro atoms. The van der Waals surface area contributed by atoms with Crippen LogP contribution >= 0.6 is 0 Å². The Bertz CT molecular complexity index is 904. The highest BCUT2D eigenvalue weighted by Crippen LogP contribution is 2.34. The number of rotatable bonds is 7. The fourth-order valence-corrected chi connectivity index (χ4v) is 4.71. The van der Waals surface area contributed by atoms with Crippen LogP contribution in [0.15, 0.2) is 36.5 Å². The molecule has 0 amide bonds. The van der Waals surface area contributed by atoms with Gasteiger partial charge in [-0.1, -0.05) is 35.5 Å². The van der Waals surface area contributed by atoms with E-state index in [9.17, 15) is 8.42 Å². The average molecular weight is 409 g/mol. The van der Waals surface area contributed by atoms with Crippen molar-refractivity contribution in [3.8, 4) is 0 Å². The highest BCUT2D eigenvalue weighted by atomic mass is 32.2. The van der Waals surface area contributed by atoms with Crippen molar-refractivity contribution in [2.45, 2.75) is 37.4 Å². The largest absolute Gasteiger partial charge is 0.371 e. The maximum atomic E-state index is 11.5. The van der Waals surface area contributed by atoms with Gasteiger partial charge in [-0.3, -0.25) is 0 Å². The zero-order valence-corrected chi connectivity index (χ0v) is 16.8. The first-order valence-corrected chi connectivity index (χ1v) is 11.2. The predicted octanol–water partition coefficient (Wildman–Crippen LogP) is -1.25. The zero-order chi connectivity index (χ0) is 19.7. The van der Waals surface area contributed by atoms with Gasteiger partial charge in [0.15, 0.2) is 0 Å². The van der Waals surface area contributed by atoms with Gasteiger partial charge in [-0.15, -0.1) is 5.10 Å². The SMILES string of the molecule is C[NH+](Cc1ccccc1)Cc1cn([C@H]2CO[C@H]3[C@@H]2OC[C@@H]3NS(C)(=O)=O)nn1. The van der Waals surface area contributed by atoms with Crippen molar-refractivity contribution in [3.63, 3.8) is 0 Å². The minimum atomic E-state index is -3.31. The molecule has 2 aromatic rings. The minimum absolute atomic E-state index is 0.105. The van der Waals surface area contributed by atoms with E-state index < -0.39 is 10.0 Å². The Balaban J connectivity index is 1.37. The van der Waals surface area contributed by atoms with E-state index in [4.69, 9.17) is 9.47 Å². The monoisotopic (exact) mass is 408 g/mol. The van der Waals surface area contributed by atoms with Crippen molar-refractivity contribution in [2.24, 2.45) is 0 Å². The second-order valence-corrected chi connectivity index (χ2v) is 9.43. The first-order valence-electron chi connectivity index (χ1n) is 9.35. The van der Waals surface area contributed by atoms with Crippen molar-refractivity contribution in [1.29, 1.82) is 0 Å². The molecule has 0 saturated carbocycles. The van der Waals surface area contributed by atoms with Gasteiger partial charge in [-0.2, -0.15) is 0 Å². The molecule has 2 saturated heterocycles. The topological polar surface area (TPSA) is 99.8 Å². The Hall–Kier alpha value is -1.85. The first-order chi connectivity index (χ1) is 13.4. The summed E-state index contributed by atoms with van der Waals surface area (Å²) in [5, 5.41) is 8.58. The van der Waals surface area contributed by atoms with E-state index in [1.165, 1.54) is 10.5 Å². The zero-order valence-electron chi connectivity index (χ0n) is 16.0. The normalized spacial score (nSPS) is 28.4. The van der Waals surface area contributed by atoms with Crippen molar-refractivity contribution in [3.05, 3.63) is 47.8 Å². The van der Waals surface area contributed by atoms with E-state index in [1.807, 2.05) is 24.4 Å². The maximum Gasteiger partial charge on any atom is 0.209 e. The Kier molecular flexibility index (Phi) is 5.48. The molecule has 1 aromatic heterocycles. The second-order valence-electron chi connectivity index (χ2n) is 7.65. The van der Waals surface area contributed by atoms with Crippen LogP contribution in [0.4, 0.5) is 0 Å². The third-order valence-corrected chi connectivity index (χ3v) is 5.85. The predicted molar refractivity (Wildman–Crippen MR) is 101 cm³/mol. The van der Waals surface area contributed by atoms with Gasteiger partial charge in [0.05, 0.1) is 38.8 Å². The summed E-state index contributed by atoms with van der Waals surface area (Å²) in [6.45, 7) is 2.39. The third kappa shape index (κ3) is 4.41. The van der Waals surface area contributed by atoms with E-state index in [0.717, 1.165) is 25.0 Å². The lowest BCUT2D eigenvalue weighted by atomic mass is 10.1. The molecule has 10 heteroatoms. The maximum absolute atomic E-state index is 11.5. The third-order valence-electron chi connectivity index (χ3n) is 5.12. The lowest BCUT2D eigenvalue weighted by Crippen LogP contribution is -3.06. The van der Waals surface area contributed by atoms with Crippen LogP contribution < -0.4 is 9.62 Å². The molecule has 1 aromatic carbocycles. The van der Waals surface area contributed by atoms with Crippen molar-refractivity contribution < 1.29 is 22.8 Å². The van der Waals surface area contributed by atoms with Crippen molar-refractivity contribution in [1.82, 2.24) is 19.7 Å². The molecule has 0 aliphatic carbocycles. The van der Waals surface area contributed by atoms with Gasteiger partial charge >= 0.3 is 0 Å².